The molecule has 27 heavy (non-hydrogen) atoms. The second-order valence-corrected chi connectivity index (χ2v) is 7.86. The normalized spacial score (nSPS) is 17.6. The summed E-state index contributed by atoms with van der Waals surface area (Å²) in [6, 6.07) is 10.2. The summed E-state index contributed by atoms with van der Waals surface area (Å²) in [4.78, 5) is 23.5. The predicted octanol–water partition coefficient (Wildman–Crippen LogP) is 3.23. The molecule has 0 saturated carbocycles. The third kappa shape index (κ3) is 4.86. The molecule has 2 heterocycles. The van der Waals surface area contributed by atoms with E-state index in [0.29, 0.717) is 11.5 Å². The molecule has 0 radical (unpaired) electrons. The van der Waals surface area contributed by atoms with Crippen LogP contribution in [-0.2, 0) is 0 Å². The van der Waals surface area contributed by atoms with Crippen LogP contribution in [0.25, 0.3) is 11.1 Å². The van der Waals surface area contributed by atoms with Gasteiger partial charge >= 0.3 is 0 Å². The Labute approximate surface area is 162 Å². The Morgan fingerprint density at radius 1 is 1.15 bits per heavy atom. The molecule has 0 spiro atoms. The van der Waals surface area contributed by atoms with Gasteiger partial charge in [-0.25, -0.2) is 0 Å². The average Bonchev–Trinajstić information content (AvgIpc) is 2.67. The zero-order chi connectivity index (χ0) is 19.4. The lowest BCUT2D eigenvalue weighted by atomic mass is 9.97. The molecular weight excluding hydrogens is 336 g/mol. The smallest absolute Gasteiger partial charge is 0.255 e. The van der Waals surface area contributed by atoms with Crippen molar-refractivity contribution in [3.8, 4) is 11.1 Å². The number of pyridine rings is 1. The molecule has 1 amide bonds. The molecule has 2 aromatic rings. The van der Waals surface area contributed by atoms with Gasteiger partial charge in [0.2, 0.25) is 0 Å². The van der Waals surface area contributed by atoms with Crippen molar-refractivity contribution < 1.29 is 4.79 Å². The Morgan fingerprint density at radius 2 is 1.89 bits per heavy atom. The second kappa shape index (κ2) is 8.53. The van der Waals surface area contributed by atoms with Gasteiger partial charge in [-0.05, 0) is 56.1 Å². The quantitative estimate of drug-likeness (QED) is 0.815. The van der Waals surface area contributed by atoms with Gasteiger partial charge in [0.1, 0.15) is 0 Å². The minimum absolute atomic E-state index is 0.0440. The fourth-order valence-corrected chi connectivity index (χ4v) is 3.78. The van der Waals surface area contributed by atoms with Crippen LogP contribution in [0.3, 0.4) is 0 Å². The molecule has 1 aromatic carbocycles. The average molecular weight is 367 g/mol. The summed E-state index contributed by atoms with van der Waals surface area (Å²) in [6.45, 7) is 3.02. The second-order valence-electron chi connectivity index (χ2n) is 7.86. The van der Waals surface area contributed by atoms with E-state index in [4.69, 9.17) is 0 Å². The first-order valence-electron chi connectivity index (χ1n) is 9.61. The Hall–Kier alpha value is -2.40. The highest BCUT2D eigenvalue weighted by Gasteiger charge is 2.21. The number of carbonyl (C=O) groups is 1. The highest BCUT2D eigenvalue weighted by Crippen LogP contribution is 2.23. The van der Waals surface area contributed by atoms with Crippen LogP contribution >= 0.6 is 0 Å². The van der Waals surface area contributed by atoms with Gasteiger partial charge in [0.25, 0.3) is 5.91 Å². The van der Waals surface area contributed by atoms with Gasteiger partial charge in [-0.2, -0.15) is 0 Å². The molecule has 0 N–H and O–H groups in total. The fraction of sp³-hybridized carbons (Fsp3) is 0.455. The lowest BCUT2D eigenvalue weighted by Crippen LogP contribution is -2.40. The van der Waals surface area contributed by atoms with Gasteiger partial charge in [0.05, 0.1) is 5.56 Å². The van der Waals surface area contributed by atoms with Crippen LogP contribution in [0.4, 0.5) is 5.69 Å². The summed E-state index contributed by atoms with van der Waals surface area (Å²) in [5, 5.41) is 0. The fourth-order valence-electron chi connectivity index (χ4n) is 3.78. The number of anilines is 1. The van der Waals surface area contributed by atoms with Crippen molar-refractivity contribution in [3.05, 3.63) is 48.3 Å². The minimum atomic E-state index is 0.0440. The van der Waals surface area contributed by atoms with Crippen molar-refractivity contribution in [1.29, 1.82) is 0 Å². The molecule has 1 aromatic heterocycles. The third-order valence-electron chi connectivity index (χ3n) is 5.30. The maximum atomic E-state index is 12.9. The van der Waals surface area contributed by atoms with Gasteiger partial charge in [0.15, 0.2) is 0 Å². The van der Waals surface area contributed by atoms with E-state index in [-0.39, 0.29) is 5.91 Å². The van der Waals surface area contributed by atoms with Crippen LogP contribution in [0.5, 0.6) is 0 Å². The third-order valence-corrected chi connectivity index (χ3v) is 5.30. The highest BCUT2D eigenvalue weighted by molar-refractivity contribution is 5.95. The van der Waals surface area contributed by atoms with Crippen LogP contribution < -0.4 is 4.90 Å². The minimum Gasteiger partial charge on any atom is -0.378 e. The molecule has 1 unspecified atom stereocenters. The first-order valence-corrected chi connectivity index (χ1v) is 9.61. The van der Waals surface area contributed by atoms with Gasteiger partial charge in [-0.3, -0.25) is 9.78 Å². The Kier molecular flexibility index (Phi) is 6.11. The number of likely N-dealkylation sites (tertiary alicyclic amines) is 1. The predicted molar refractivity (Wildman–Crippen MR) is 111 cm³/mol. The zero-order valence-corrected chi connectivity index (χ0v) is 16.9. The molecule has 1 aliphatic heterocycles. The topological polar surface area (TPSA) is 39.7 Å². The number of carbonyl (C=O) groups excluding carboxylic acids is 1. The maximum Gasteiger partial charge on any atom is 0.255 e. The van der Waals surface area contributed by atoms with Gasteiger partial charge in [-0.15, -0.1) is 0 Å². The number of benzene rings is 1. The van der Waals surface area contributed by atoms with Crippen LogP contribution in [0.1, 0.15) is 23.2 Å². The van der Waals surface area contributed by atoms with E-state index < -0.39 is 0 Å². The molecule has 5 heteroatoms. The molecule has 3 rings (SSSR count). The van der Waals surface area contributed by atoms with E-state index in [9.17, 15) is 4.79 Å². The molecule has 1 fully saturated rings. The SMILES string of the molecule is CN1CCCC(CN(C)C(=O)c2cncc(-c3ccc(N(C)C)cc3)c2)C1. The number of piperidine rings is 1. The number of hydrogen-bond donors (Lipinski definition) is 0. The number of aromatic nitrogens is 1. The first kappa shape index (κ1) is 19.4. The van der Waals surface area contributed by atoms with Crippen LogP contribution in [-0.4, -0.2) is 68.5 Å². The molecule has 144 valence electrons. The molecule has 1 aliphatic rings. The zero-order valence-electron chi connectivity index (χ0n) is 16.9. The number of amides is 1. The summed E-state index contributed by atoms with van der Waals surface area (Å²) < 4.78 is 0. The highest BCUT2D eigenvalue weighted by atomic mass is 16.2. The Balaban J connectivity index is 1.71. The first-order chi connectivity index (χ1) is 12.9. The van der Waals surface area contributed by atoms with Crippen molar-refractivity contribution >= 4 is 11.6 Å². The lowest BCUT2D eigenvalue weighted by molar-refractivity contribution is 0.0740. The van der Waals surface area contributed by atoms with Crippen LogP contribution in [0.15, 0.2) is 42.7 Å². The van der Waals surface area contributed by atoms with E-state index >= 15 is 0 Å². The van der Waals surface area contributed by atoms with E-state index in [1.807, 2.05) is 38.3 Å². The number of rotatable bonds is 5. The van der Waals surface area contributed by atoms with Crippen LogP contribution in [0, 0.1) is 5.92 Å². The van der Waals surface area contributed by atoms with Gasteiger partial charge in [0, 0.05) is 57.9 Å². The van der Waals surface area contributed by atoms with E-state index in [0.717, 1.165) is 36.4 Å². The maximum absolute atomic E-state index is 12.9. The number of hydrogen-bond acceptors (Lipinski definition) is 4. The number of nitrogens with zero attached hydrogens (tertiary/aromatic N) is 4. The monoisotopic (exact) mass is 366 g/mol. The van der Waals surface area contributed by atoms with Crippen molar-refractivity contribution in [1.82, 2.24) is 14.8 Å². The van der Waals surface area contributed by atoms with Crippen molar-refractivity contribution in [2.75, 3.05) is 52.7 Å². The van der Waals surface area contributed by atoms with Gasteiger partial charge in [-0.1, -0.05) is 12.1 Å². The molecule has 5 nitrogen and oxygen atoms in total. The summed E-state index contributed by atoms with van der Waals surface area (Å²) in [5.74, 6) is 0.593. The van der Waals surface area contributed by atoms with E-state index in [1.54, 1.807) is 6.20 Å². The summed E-state index contributed by atoms with van der Waals surface area (Å²) in [7, 11) is 8.10. The van der Waals surface area contributed by atoms with E-state index in [1.165, 1.54) is 12.8 Å². The molecule has 1 atom stereocenters. The Morgan fingerprint density at radius 3 is 2.56 bits per heavy atom. The standard InChI is InChI=1S/C22H30N4O/c1-24(2)21-9-7-18(8-10-21)19-12-20(14-23-13-19)22(27)26(4)16-17-6-5-11-25(3)15-17/h7-10,12-14,17H,5-6,11,15-16H2,1-4H3. The van der Waals surface area contributed by atoms with Crippen molar-refractivity contribution in [2.45, 2.75) is 12.8 Å². The summed E-state index contributed by atoms with van der Waals surface area (Å²) in [6.07, 6.45) is 5.89. The summed E-state index contributed by atoms with van der Waals surface area (Å²) >= 11 is 0. The molecular formula is C22H30N4O. The molecule has 1 saturated heterocycles. The van der Waals surface area contributed by atoms with Crippen molar-refractivity contribution in [2.24, 2.45) is 5.92 Å². The lowest BCUT2D eigenvalue weighted by Gasteiger charge is -2.32. The Bertz CT molecular complexity index is 772. The van der Waals surface area contributed by atoms with Gasteiger partial charge < -0.3 is 14.7 Å². The molecule has 0 aliphatic carbocycles. The van der Waals surface area contributed by atoms with Crippen LogP contribution in [0.2, 0.25) is 0 Å². The summed E-state index contributed by atoms with van der Waals surface area (Å²) in [5.41, 5.74) is 3.84. The van der Waals surface area contributed by atoms with Crippen molar-refractivity contribution in [3.63, 3.8) is 0 Å². The molecule has 0 bridgehead atoms. The van der Waals surface area contributed by atoms with E-state index in [2.05, 4.69) is 46.1 Å². The largest absolute Gasteiger partial charge is 0.378 e.